The van der Waals surface area contributed by atoms with Crippen molar-refractivity contribution in [3.63, 3.8) is 0 Å². The summed E-state index contributed by atoms with van der Waals surface area (Å²) in [4.78, 5) is 47.9. The number of hydrogen-bond donors (Lipinski definition) is 1. The first-order valence-electron chi connectivity index (χ1n) is 13.6. The third-order valence-corrected chi connectivity index (χ3v) is 8.01. The van der Waals surface area contributed by atoms with Crippen LogP contribution < -0.4 is 0 Å². The molecule has 1 fully saturated rings. The van der Waals surface area contributed by atoms with Crippen LogP contribution in [0, 0.1) is 12.8 Å². The Balaban J connectivity index is 1.27. The van der Waals surface area contributed by atoms with E-state index in [9.17, 15) is 19.5 Å². The first-order valence-corrected chi connectivity index (χ1v) is 13.6. The van der Waals surface area contributed by atoms with Crippen LogP contribution in [-0.4, -0.2) is 66.8 Å². The van der Waals surface area contributed by atoms with Crippen LogP contribution in [0.15, 0.2) is 54.9 Å². The lowest BCUT2D eigenvalue weighted by molar-refractivity contribution is -0.142. The van der Waals surface area contributed by atoms with Gasteiger partial charge in [-0.2, -0.15) is 0 Å². The fourth-order valence-corrected chi connectivity index (χ4v) is 6.04. The van der Waals surface area contributed by atoms with Crippen molar-refractivity contribution in [1.82, 2.24) is 19.4 Å². The minimum atomic E-state index is -0.761. The van der Waals surface area contributed by atoms with Crippen molar-refractivity contribution in [2.45, 2.75) is 64.8 Å². The second-order valence-corrected chi connectivity index (χ2v) is 11.1. The number of benzene rings is 2. The number of carbonyl (C=O) groups excluding carboxylic acids is 3. The number of ketones is 1. The third-order valence-electron chi connectivity index (χ3n) is 8.01. The van der Waals surface area contributed by atoms with Gasteiger partial charge in [0.2, 0.25) is 5.91 Å². The zero-order valence-corrected chi connectivity index (χ0v) is 23.0. The number of fused-ring (bicyclic) bond motifs is 1. The van der Waals surface area contributed by atoms with Gasteiger partial charge in [-0.25, -0.2) is 4.98 Å². The van der Waals surface area contributed by atoms with E-state index in [1.54, 1.807) is 17.3 Å². The fraction of sp³-hybridized carbons (Fsp3) is 0.419. The van der Waals surface area contributed by atoms with E-state index >= 15 is 0 Å². The van der Waals surface area contributed by atoms with Crippen LogP contribution in [0.1, 0.15) is 53.9 Å². The molecule has 0 spiro atoms. The molecule has 39 heavy (non-hydrogen) atoms. The molecule has 3 heterocycles. The lowest BCUT2D eigenvalue weighted by Gasteiger charge is -2.35. The zero-order valence-electron chi connectivity index (χ0n) is 23.0. The zero-order chi connectivity index (χ0) is 27.8. The van der Waals surface area contributed by atoms with Crippen molar-refractivity contribution in [3.05, 3.63) is 77.2 Å². The molecule has 5 rings (SSSR count). The number of rotatable bonds is 8. The molecule has 8 heteroatoms. The molecule has 0 radical (unpaired) electrons. The number of likely N-dealkylation sites (tertiary alicyclic amines) is 1. The lowest BCUT2D eigenvalue weighted by atomic mass is 9.97. The highest BCUT2D eigenvalue weighted by atomic mass is 16.3. The maximum Gasteiger partial charge on any atom is 0.255 e. The number of Topliss-reactive ketones (excluding diaryl/α,β-unsaturated/α-hetero) is 1. The van der Waals surface area contributed by atoms with E-state index in [2.05, 4.69) is 4.98 Å². The topological polar surface area (TPSA) is 95.7 Å². The highest BCUT2D eigenvalue weighted by Gasteiger charge is 2.45. The average molecular weight is 529 g/mol. The number of hydrogen-bond acceptors (Lipinski definition) is 5. The van der Waals surface area contributed by atoms with Crippen molar-refractivity contribution in [2.75, 3.05) is 6.54 Å². The maximum absolute atomic E-state index is 13.9. The summed E-state index contributed by atoms with van der Waals surface area (Å²) in [7, 11) is 1.97. The van der Waals surface area contributed by atoms with Crippen LogP contribution in [0.3, 0.4) is 0 Å². The molecule has 0 bridgehead atoms. The number of β-amino-alcohol motifs (C(OH)–C–C–N with tert-alkyl or cyclic N) is 1. The Bertz CT molecular complexity index is 1370. The molecule has 204 valence electrons. The monoisotopic (exact) mass is 528 g/mol. The SMILES string of the molecule is Cc1ncn(C)c1-c1ccc(CCC(=O)[C@@H]2C[C@@H](O)CN2C(=O)[C@H](C(C)C)N2Cc3ccccc3C2=O)cc1. The highest BCUT2D eigenvalue weighted by molar-refractivity contribution is 6.01. The van der Waals surface area contributed by atoms with Gasteiger partial charge in [0, 0.05) is 44.1 Å². The maximum atomic E-state index is 13.9. The van der Waals surface area contributed by atoms with Gasteiger partial charge in [0.1, 0.15) is 6.04 Å². The summed E-state index contributed by atoms with van der Waals surface area (Å²) in [5.74, 6) is -0.641. The average Bonchev–Trinajstić information content (AvgIpc) is 3.58. The van der Waals surface area contributed by atoms with E-state index in [-0.39, 0.29) is 42.9 Å². The van der Waals surface area contributed by atoms with E-state index in [1.165, 1.54) is 4.90 Å². The van der Waals surface area contributed by atoms with Crippen LogP contribution in [0.2, 0.25) is 0 Å². The Kier molecular flexibility index (Phi) is 7.40. The molecule has 0 saturated carbocycles. The fourth-order valence-electron chi connectivity index (χ4n) is 6.04. The number of imidazole rings is 1. The van der Waals surface area contributed by atoms with Gasteiger partial charge in [0.25, 0.3) is 5.91 Å². The Morgan fingerprint density at radius 3 is 2.46 bits per heavy atom. The molecule has 3 aromatic rings. The molecule has 0 unspecified atom stereocenters. The second-order valence-electron chi connectivity index (χ2n) is 11.1. The number of carbonyl (C=O) groups is 3. The van der Waals surface area contributed by atoms with Gasteiger partial charge >= 0.3 is 0 Å². The summed E-state index contributed by atoms with van der Waals surface area (Å²) in [6.07, 6.45) is 2.07. The lowest BCUT2D eigenvalue weighted by Crippen LogP contribution is -2.54. The van der Waals surface area contributed by atoms with Gasteiger partial charge in [0.15, 0.2) is 5.78 Å². The summed E-state index contributed by atoms with van der Waals surface area (Å²) >= 11 is 0. The molecule has 2 aliphatic heterocycles. The van der Waals surface area contributed by atoms with Crippen molar-refractivity contribution in [3.8, 4) is 11.3 Å². The number of amides is 2. The van der Waals surface area contributed by atoms with Crippen LogP contribution in [0.25, 0.3) is 11.3 Å². The van der Waals surface area contributed by atoms with Crippen LogP contribution in [0.4, 0.5) is 0 Å². The minimum absolute atomic E-state index is 0.0648. The molecule has 1 N–H and O–H groups in total. The molecule has 2 aliphatic rings. The van der Waals surface area contributed by atoms with Gasteiger partial charge in [0.05, 0.1) is 29.9 Å². The third kappa shape index (κ3) is 5.13. The van der Waals surface area contributed by atoms with Gasteiger partial charge in [-0.15, -0.1) is 0 Å². The summed E-state index contributed by atoms with van der Waals surface area (Å²) in [6, 6.07) is 14.1. The molecule has 3 atom stereocenters. The van der Waals surface area contributed by atoms with Gasteiger partial charge in [-0.05, 0) is 36.5 Å². The predicted octanol–water partition coefficient (Wildman–Crippen LogP) is 3.54. The molecule has 8 nitrogen and oxygen atoms in total. The summed E-state index contributed by atoms with van der Waals surface area (Å²) in [5.41, 5.74) is 5.64. The Morgan fingerprint density at radius 1 is 1.10 bits per heavy atom. The van der Waals surface area contributed by atoms with E-state index in [0.717, 1.165) is 28.1 Å². The molecule has 1 aromatic heterocycles. The van der Waals surface area contributed by atoms with Gasteiger partial charge in [-0.1, -0.05) is 56.3 Å². The Labute approximate surface area is 229 Å². The van der Waals surface area contributed by atoms with Crippen LogP contribution in [0.5, 0.6) is 0 Å². The predicted molar refractivity (Wildman–Crippen MR) is 148 cm³/mol. The van der Waals surface area contributed by atoms with Crippen LogP contribution in [-0.2, 0) is 29.6 Å². The Morgan fingerprint density at radius 2 is 1.82 bits per heavy atom. The van der Waals surface area contributed by atoms with E-state index in [0.29, 0.717) is 18.5 Å². The number of aliphatic hydroxyl groups excluding tert-OH is 1. The molecule has 0 aliphatic carbocycles. The molecular weight excluding hydrogens is 492 g/mol. The first kappa shape index (κ1) is 26.8. The number of aliphatic hydroxyl groups is 1. The normalized spacial score (nSPS) is 19.6. The largest absolute Gasteiger partial charge is 0.391 e. The molecule has 1 saturated heterocycles. The van der Waals surface area contributed by atoms with Gasteiger partial charge in [-0.3, -0.25) is 14.4 Å². The summed E-state index contributed by atoms with van der Waals surface area (Å²) in [6.45, 7) is 6.28. The second kappa shape index (κ2) is 10.8. The number of nitrogens with zero attached hydrogens (tertiary/aromatic N) is 4. The minimum Gasteiger partial charge on any atom is -0.391 e. The smallest absolute Gasteiger partial charge is 0.255 e. The number of aryl methyl sites for hydroxylation is 3. The standard InChI is InChI=1S/C31H36N4O4/c1-19(2)28(35-16-23-7-5-6-8-25(23)30(35)38)31(39)34-17-24(36)15-26(34)27(37)14-11-21-9-12-22(13-10-21)29-20(3)32-18-33(29)4/h5-10,12-13,18-19,24,26,28,36H,11,14-17H2,1-4H3/t24-,26+,28+/m1/s1. The van der Waals surface area contributed by atoms with Crippen molar-refractivity contribution >= 4 is 17.6 Å². The summed E-state index contributed by atoms with van der Waals surface area (Å²) < 4.78 is 1.99. The van der Waals surface area contributed by atoms with Crippen molar-refractivity contribution < 1.29 is 19.5 Å². The first-order chi connectivity index (χ1) is 18.7. The van der Waals surface area contributed by atoms with E-state index < -0.39 is 18.2 Å². The van der Waals surface area contributed by atoms with Crippen molar-refractivity contribution in [1.29, 1.82) is 0 Å². The highest BCUT2D eigenvalue weighted by Crippen LogP contribution is 2.31. The van der Waals surface area contributed by atoms with Gasteiger partial charge < -0.3 is 19.5 Å². The molecular formula is C31H36N4O4. The Hall–Kier alpha value is -3.78. The molecule has 2 aromatic carbocycles. The quantitative estimate of drug-likeness (QED) is 0.483. The van der Waals surface area contributed by atoms with E-state index in [4.69, 9.17) is 0 Å². The number of aromatic nitrogens is 2. The van der Waals surface area contributed by atoms with E-state index in [1.807, 2.05) is 74.9 Å². The van der Waals surface area contributed by atoms with Crippen molar-refractivity contribution in [2.24, 2.45) is 13.0 Å². The molecule has 2 amide bonds. The summed E-state index contributed by atoms with van der Waals surface area (Å²) in [5, 5.41) is 10.5. The van der Waals surface area contributed by atoms with Crippen LogP contribution >= 0.6 is 0 Å².